The van der Waals surface area contributed by atoms with Gasteiger partial charge < -0.3 is 10.4 Å². The van der Waals surface area contributed by atoms with Crippen LogP contribution in [0, 0.1) is 0 Å². The fraction of sp³-hybridized carbons (Fsp3) is 0.750. The van der Waals surface area contributed by atoms with E-state index in [4.69, 9.17) is 9.66 Å². The Bertz CT molecular complexity index is 251. The molecule has 3 N–H and O–H groups in total. The molecule has 0 spiro atoms. The molecule has 0 aromatic rings. The van der Waals surface area contributed by atoms with Gasteiger partial charge in [-0.05, 0) is 0 Å². The van der Waals surface area contributed by atoms with Crippen LogP contribution in [0.4, 0.5) is 0 Å². The summed E-state index contributed by atoms with van der Waals surface area (Å²) in [6.07, 6.45) is 0. The fourth-order valence-electron chi connectivity index (χ4n) is 1.08. The number of aliphatic hydroxyl groups excluding tert-OH is 1. The van der Waals surface area contributed by atoms with Crippen LogP contribution in [0.5, 0.6) is 0 Å². The van der Waals surface area contributed by atoms with Crippen molar-refractivity contribution in [2.24, 2.45) is 0 Å². The quantitative estimate of drug-likeness (QED) is 0.424. The van der Waals surface area contributed by atoms with Crippen molar-refractivity contribution >= 4 is 39.7 Å². The van der Waals surface area contributed by atoms with Gasteiger partial charge in [0, 0.05) is 62.3 Å². The SMILES string of the molecule is C=CS(=O)(=O)O.OCCN1CCNCC1.[Na]. The summed E-state index contributed by atoms with van der Waals surface area (Å²) >= 11 is 0. The monoisotopic (exact) mass is 261 g/mol. The van der Waals surface area contributed by atoms with Crippen molar-refractivity contribution in [1.82, 2.24) is 10.2 Å². The van der Waals surface area contributed by atoms with Crippen LogP contribution in [0.1, 0.15) is 0 Å². The van der Waals surface area contributed by atoms with E-state index in [1.54, 1.807) is 0 Å². The van der Waals surface area contributed by atoms with Gasteiger partial charge in [-0.3, -0.25) is 9.45 Å². The minimum Gasteiger partial charge on any atom is -0.395 e. The Morgan fingerprint density at radius 1 is 1.38 bits per heavy atom. The van der Waals surface area contributed by atoms with Gasteiger partial charge >= 0.3 is 0 Å². The summed E-state index contributed by atoms with van der Waals surface area (Å²) < 4.78 is 26.6. The third kappa shape index (κ3) is 12.6. The molecule has 1 heterocycles. The molecule has 1 rings (SSSR count). The maximum absolute atomic E-state index is 9.44. The zero-order valence-electron chi connectivity index (χ0n) is 9.59. The summed E-state index contributed by atoms with van der Waals surface area (Å²) in [6.45, 7) is 8.23. The zero-order chi connectivity index (χ0) is 11.7. The van der Waals surface area contributed by atoms with Crippen molar-refractivity contribution in [3.05, 3.63) is 12.0 Å². The first-order valence-corrected chi connectivity index (χ1v) is 6.14. The number of nitrogens with zero attached hydrogens (tertiary/aromatic N) is 1. The summed E-state index contributed by atoms with van der Waals surface area (Å²) in [5, 5.41) is 12.3. The van der Waals surface area contributed by atoms with Crippen molar-refractivity contribution in [2.45, 2.75) is 0 Å². The maximum Gasteiger partial charge on any atom is 0.287 e. The second-order valence-electron chi connectivity index (χ2n) is 3.00. The van der Waals surface area contributed by atoms with Gasteiger partial charge in [-0.25, -0.2) is 0 Å². The van der Waals surface area contributed by atoms with Crippen molar-refractivity contribution in [2.75, 3.05) is 39.3 Å². The number of piperazine rings is 1. The van der Waals surface area contributed by atoms with Gasteiger partial charge in [-0.1, -0.05) is 6.58 Å². The summed E-state index contributed by atoms with van der Waals surface area (Å²) in [7, 11) is -3.90. The third-order valence-corrected chi connectivity index (χ3v) is 2.26. The first-order chi connectivity index (χ1) is 6.99. The first-order valence-electron chi connectivity index (χ1n) is 4.63. The van der Waals surface area contributed by atoms with E-state index < -0.39 is 10.1 Å². The fourth-order valence-corrected chi connectivity index (χ4v) is 1.08. The summed E-state index contributed by atoms with van der Waals surface area (Å²) in [5.74, 6) is 0. The van der Waals surface area contributed by atoms with Crippen molar-refractivity contribution in [3.8, 4) is 0 Å². The van der Waals surface area contributed by atoms with E-state index in [9.17, 15) is 8.42 Å². The molecule has 0 aromatic heterocycles. The predicted octanol–water partition coefficient (Wildman–Crippen LogP) is -1.48. The summed E-state index contributed by atoms with van der Waals surface area (Å²) in [4.78, 5) is 2.26. The average Bonchev–Trinajstić information content (AvgIpc) is 2.20. The molecular weight excluding hydrogens is 243 g/mol. The molecule has 0 atom stereocenters. The topological polar surface area (TPSA) is 89.9 Å². The first kappa shape index (κ1) is 18.9. The van der Waals surface area contributed by atoms with E-state index in [1.165, 1.54) is 0 Å². The van der Waals surface area contributed by atoms with Crippen LogP contribution >= 0.6 is 0 Å². The Labute approximate surface area is 119 Å². The van der Waals surface area contributed by atoms with Crippen LogP contribution in [-0.4, -0.2) is 91.9 Å². The molecule has 0 unspecified atom stereocenters. The van der Waals surface area contributed by atoms with Crippen LogP contribution in [0.25, 0.3) is 0 Å². The predicted molar refractivity (Wildman–Crippen MR) is 63.9 cm³/mol. The number of aliphatic hydroxyl groups is 1. The molecule has 1 aliphatic rings. The Kier molecular flexibility index (Phi) is 12.6. The van der Waals surface area contributed by atoms with Gasteiger partial charge in [0.05, 0.1) is 12.0 Å². The van der Waals surface area contributed by atoms with Crippen molar-refractivity contribution in [1.29, 1.82) is 0 Å². The molecule has 1 saturated heterocycles. The van der Waals surface area contributed by atoms with Crippen LogP contribution in [0.2, 0.25) is 0 Å². The molecule has 0 aromatic carbocycles. The van der Waals surface area contributed by atoms with E-state index in [1.807, 2.05) is 0 Å². The second-order valence-corrected chi connectivity index (χ2v) is 4.36. The molecule has 1 radical (unpaired) electrons. The third-order valence-electron chi connectivity index (χ3n) is 1.84. The van der Waals surface area contributed by atoms with Gasteiger partial charge in [-0.15, -0.1) is 0 Å². The van der Waals surface area contributed by atoms with Crippen molar-refractivity contribution in [3.63, 3.8) is 0 Å². The largest absolute Gasteiger partial charge is 0.395 e. The average molecular weight is 261 g/mol. The molecule has 0 aliphatic carbocycles. The Balaban J connectivity index is 0. The number of hydrogen-bond donors (Lipinski definition) is 3. The van der Waals surface area contributed by atoms with E-state index in [-0.39, 0.29) is 29.6 Å². The molecule has 91 valence electrons. The van der Waals surface area contributed by atoms with Gasteiger partial charge in [0.25, 0.3) is 10.1 Å². The molecule has 8 heteroatoms. The van der Waals surface area contributed by atoms with Crippen LogP contribution in [-0.2, 0) is 10.1 Å². The Hall–Kier alpha value is 0.530. The van der Waals surface area contributed by atoms with E-state index >= 15 is 0 Å². The van der Waals surface area contributed by atoms with Crippen LogP contribution in [0.3, 0.4) is 0 Å². The molecule has 6 nitrogen and oxygen atoms in total. The van der Waals surface area contributed by atoms with Gasteiger partial charge in [0.2, 0.25) is 0 Å². The number of nitrogens with one attached hydrogen (secondary N) is 1. The van der Waals surface area contributed by atoms with Gasteiger partial charge in [-0.2, -0.15) is 8.42 Å². The Morgan fingerprint density at radius 2 is 1.81 bits per heavy atom. The summed E-state index contributed by atoms with van der Waals surface area (Å²) in [6, 6.07) is 0. The normalized spacial score (nSPS) is 16.6. The molecular formula is C8H18N2NaO4S. The number of β-amino-alcohol motifs (C(OH)–C–C–N with tert-alkyl or cyclic N) is 1. The van der Waals surface area contributed by atoms with Crippen molar-refractivity contribution < 1.29 is 18.1 Å². The second kappa shape index (κ2) is 10.7. The maximum atomic E-state index is 9.44. The smallest absolute Gasteiger partial charge is 0.287 e. The van der Waals surface area contributed by atoms with Crippen LogP contribution < -0.4 is 5.32 Å². The van der Waals surface area contributed by atoms with E-state index in [0.29, 0.717) is 12.0 Å². The standard InChI is InChI=1S/C6H14N2O.C2H4O3S.Na/c9-6-5-8-3-1-7-2-4-8;1-2-6(3,4)5;/h7,9H,1-6H2;2H,1H2,(H,3,4,5);. The summed E-state index contributed by atoms with van der Waals surface area (Å²) in [5.41, 5.74) is 0. The molecule has 1 fully saturated rings. The molecule has 0 saturated carbocycles. The van der Waals surface area contributed by atoms with E-state index in [2.05, 4.69) is 16.8 Å². The number of hydrogen-bond acceptors (Lipinski definition) is 5. The minimum atomic E-state index is -3.90. The Morgan fingerprint density at radius 3 is 2.12 bits per heavy atom. The minimum absolute atomic E-state index is 0. The molecule has 0 amide bonds. The molecule has 1 aliphatic heterocycles. The zero-order valence-corrected chi connectivity index (χ0v) is 12.4. The van der Waals surface area contributed by atoms with E-state index in [0.717, 1.165) is 32.7 Å². The molecule has 0 bridgehead atoms. The molecule has 16 heavy (non-hydrogen) atoms. The number of rotatable bonds is 3. The van der Waals surface area contributed by atoms with Gasteiger partial charge in [0.1, 0.15) is 0 Å². The van der Waals surface area contributed by atoms with Crippen LogP contribution in [0.15, 0.2) is 12.0 Å². The van der Waals surface area contributed by atoms with Gasteiger partial charge in [0.15, 0.2) is 0 Å².